The van der Waals surface area contributed by atoms with Crippen LogP contribution in [0.3, 0.4) is 0 Å². The maximum absolute atomic E-state index is 12.8. The number of rotatable bonds is 7. The summed E-state index contributed by atoms with van der Waals surface area (Å²) in [6.07, 6.45) is 2.32. The van der Waals surface area contributed by atoms with E-state index >= 15 is 0 Å². The van der Waals surface area contributed by atoms with Crippen LogP contribution in [0.2, 0.25) is 0 Å². The number of nitrogens with zero attached hydrogens (tertiary/aromatic N) is 1. The third-order valence-electron chi connectivity index (χ3n) is 3.63. The molecule has 0 bridgehead atoms. The highest BCUT2D eigenvalue weighted by atomic mass is 32.2. The summed E-state index contributed by atoms with van der Waals surface area (Å²) in [5, 5.41) is 3.36. The van der Waals surface area contributed by atoms with E-state index < -0.39 is 10.0 Å². The highest BCUT2D eigenvalue weighted by Gasteiger charge is 2.31. The molecule has 118 valence electrons. The largest absolute Gasteiger partial charge is 0.465 e. The van der Waals surface area contributed by atoms with Crippen LogP contribution in [0.1, 0.15) is 36.8 Å². The van der Waals surface area contributed by atoms with E-state index in [1.165, 1.54) is 4.31 Å². The fourth-order valence-electron chi connectivity index (χ4n) is 2.41. The van der Waals surface area contributed by atoms with E-state index in [0.29, 0.717) is 35.5 Å². The van der Waals surface area contributed by atoms with Gasteiger partial charge in [-0.25, -0.2) is 8.42 Å². The van der Waals surface area contributed by atoms with E-state index in [4.69, 9.17) is 4.42 Å². The Kier molecular flexibility index (Phi) is 4.60. The molecule has 1 aromatic heterocycles. The monoisotopic (exact) mass is 312 g/mol. The van der Waals surface area contributed by atoms with E-state index in [-0.39, 0.29) is 0 Å². The molecule has 0 aromatic carbocycles. The minimum absolute atomic E-state index is 0.303. The molecule has 0 amide bonds. The first kappa shape index (κ1) is 16.3. The van der Waals surface area contributed by atoms with Gasteiger partial charge in [-0.05, 0) is 33.6 Å². The normalized spacial score (nSPS) is 15.7. The van der Waals surface area contributed by atoms with E-state index in [1.54, 1.807) is 14.0 Å². The van der Waals surface area contributed by atoms with Gasteiger partial charge in [0.05, 0.1) is 0 Å². The fraction of sp³-hybridized carbons (Fsp3) is 0.600. The number of likely N-dealkylation sites (N-methyl/N-ethyl adjacent to an activating group) is 1. The van der Waals surface area contributed by atoms with Crippen LogP contribution in [0, 0.1) is 13.8 Å². The quantitative estimate of drug-likeness (QED) is 0.785. The molecule has 5 nitrogen and oxygen atoms in total. The standard InChI is InChI=1S/C15H24N2O3S/c1-10(2)9-17(5)21(18,19)15-12(4)20-11(3)14(15)8-16-13-6-7-13/h13,16H,1,6-9H2,2-5H3. The molecule has 0 radical (unpaired) electrons. The maximum atomic E-state index is 12.8. The summed E-state index contributed by atoms with van der Waals surface area (Å²) in [5.74, 6) is 1.12. The van der Waals surface area contributed by atoms with Gasteiger partial charge in [-0.15, -0.1) is 0 Å². The van der Waals surface area contributed by atoms with Crippen molar-refractivity contribution in [2.24, 2.45) is 0 Å². The Labute approximate surface area is 127 Å². The van der Waals surface area contributed by atoms with Gasteiger partial charge in [0, 0.05) is 31.7 Å². The summed E-state index contributed by atoms with van der Waals surface area (Å²) in [5.41, 5.74) is 1.55. The second-order valence-electron chi connectivity index (χ2n) is 5.90. The first-order valence-electron chi connectivity index (χ1n) is 7.16. The van der Waals surface area contributed by atoms with Crippen LogP contribution in [0.5, 0.6) is 0 Å². The van der Waals surface area contributed by atoms with E-state index in [2.05, 4.69) is 11.9 Å². The van der Waals surface area contributed by atoms with Gasteiger partial charge in [0.15, 0.2) is 0 Å². The first-order chi connectivity index (χ1) is 9.73. The highest BCUT2D eigenvalue weighted by Crippen LogP contribution is 2.30. The molecule has 1 fully saturated rings. The molecule has 0 aliphatic heterocycles. The van der Waals surface area contributed by atoms with Crippen LogP contribution in [0.25, 0.3) is 0 Å². The van der Waals surface area contributed by atoms with Crippen LogP contribution in [-0.4, -0.2) is 32.4 Å². The predicted octanol–water partition coefficient (Wildman–Crippen LogP) is 2.35. The Hall–Kier alpha value is -1.11. The molecular formula is C15H24N2O3S. The second kappa shape index (κ2) is 5.94. The van der Waals surface area contributed by atoms with Gasteiger partial charge in [-0.3, -0.25) is 0 Å². The van der Waals surface area contributed by atoms with Crippen LogP contribution >= 0.6 is 0 Å². The number of sulfonamides is 1. The zero-order valence-corrected chi connectivity index (χ0v) is 14.0. The number of furan rings is 1. The molecule has 1 heterocycles. The Bertz CT molecular complexity index is 642. The molecule has 21 heavy (non-hydrogen) atoms. The molecule has 2 rings (SSSR count). The van der Waals surface area contributed by atoms with E-state index in [9.17, 15) is 8.42 Å². The van der Waals surface area contributed by atoms with Crippen LogP contribution in [-0.2, 0) is 16.6 Å². The lowest BCUT2D eigenvalue weighted by Gasteiger charge is -2.18. The Morgan fingerprint density at radius 3 is 2.52 bits per heavy atom. The minimum Gasteiger partial charge on any atom is -0.465 e. The summed E-state index contributed by atoms with van der Waals surface area (Å²) in [4.78, 5) is 0.303. The predicted molar refractivity (Wildman–Crippen MR) is 82.7 cm³/mol. The van der Waals surface area contributed by atoms with Crippen molar-refractivity contribution in [1.82, 2.24) is 9.62 Å². The van der Waals surface area contributed by atoms with Gasteiger partial charge in [-0.1, -0.05) is 12.2 Å². The molecule has 1 aliphatic carbocycles. The molecule has 0 spiro atoms. The fourth-order valence-corrected chi connectivity index (χ4v) is 4.04. The lowest BCUT2D eigenvalue weighted by atomic mass is 10.2. The lowest BCUT2D eigenvalue weighted by molar-refractivity contribution is 0.478. The Morgan fingerprint density at radius 2 is 2.00 bits per heavy atom. The average Bonchev–Trinajstić information content (AvgIpc) is 3.11. The maximum Gasteiger partial charge on any atom is 0.246 e. The van der Waals surface area contributed by atoms with Crippen LogP contribution in [0.4, 0.5) is 0 Å². The van der Waals surface area contributed by atoms with Crippen LogP contribution in [0.15, 0.2) is 21.5 Å². The van der Waals surface area contributed by atoms with Gasteiger partial charge in [-0.2, -0.15) is 4.31 Å². The molecule has 0 saturated heterocycles. The van der Waals surface area contributed by atoms with Crippen molar-refractivity contribution >= 4 is 10.0 Å². The Balaban J connectivity index is 2.34. The van der Waals surface area contributed by atoms with Gasteiger partial charge in [0.25, 0.3) is 0 Å². The van der Waals surface area contributed by atoms with Gasteiger partial charge in [0.1, 0.15) is 16.4 Å². The van der Waals surface area contributed by atoms with Crippen LogP contribution < -0.4 is 5.32 Å². The molecule has 0 atom stereocenters. The molecule has 1 saturated carbocycles. The summed E-state index contributed by atoms with van der Waals surface area (Å²) >= 11 is 0. The zero-order chi connectivity index (χ0) is 15.8. The molecule has 1 aromatic rings. The summed E-state index contributed by atoms with van der Waals surface area (Å²) < 4.78 is 32.5. The summed E-state index contributed by atoms with van der Waals surface area (Å²) in [6.45, 7) is 9.95. The average molecular weight is 312 g/mol. The third-order valence-corrected chi connectivity index (χ3v) is 5.63. The second-order valence-corrected chi connectivity index (χ2v) is 7.88. The van der Waals surface area contributed by atoms with Crippen molar-refractivity contribution in [3.63, 3.8) is 0 Å². The van der Waals surface area contributed by atoms with Crippen molar-refractivity contribution in [1.29, 1.82) is 0 Å². The molecule has 6 heteroatoms. The van der Waals surface area contributed by atoms with Crippen molar-refractivity contribution in [2.45, 2.75) is 51.1 Å². The number of aryl methyl sites for hydroxylation is 2. The molecule has 0 unspecified atom stereocenters. The van der Waals surface area contributed by atoms with Gasteiger partial charge < -0.3 is 9.73 Å². The molecular weight excluding hydrogens is 288 g/mol. The van der Waals surface area contributed by atoms with Crippen molar-refractivity contribution in [2.75, 3.05) is 13.6 Å². The summed E-state index contributed by atoms with van der Waals surface area (Å²) in [6, 6.07) is 0.517. The minimum atomic E-state index is -3.56. The van der Waals surface area contributed by atoms with Gasteiger partial charge in [0.2, 0.25) is 10.0 Å². The van der Waals surface area contributed by atoms with Crippen molar-refractivity contribution < 1.29 is 12.8 Å². The number of nitrogens with one attached hydrogen (secondary N) is 1. The first-order valence-corrected chi connectivity index (χ1v) is 8.60. The van der Waals surface area contributed by atoms with Crippen molar-refractivity contribution in [3.05, 3.63) is 29.2 Å². The SMILES string of the molecule is C=C(C)CN(C)S(=O)(=O)c1c(C)oc(C)c1CNC1CC1. The topological polar surface area (TPSA) is 62.6 Å². The highest BCUT2D eigenvalue weighted by molar-refractivity contribution is 7.89. The zero-order valence-electron chi connectivity index (χ0n) is 13.2. The Morgan fingerprint density at radius 1 is 1.38 bits per heavy atom. The lowest BCUT2D eigenvalue weighted by Crippen LogP contribution is -2.30. The smallest absolute Gasteiger partial charge is 0.246 e. The van der Waals surface area contributed by atoms with E-state index in [0.717, 1.165) is 24.0 Å². The molecule has 1 aliphatic rings. The number of hydrogen-bond acceptors (Lipinski definition) is 4. The summed E-state index contributed by atoms with van der Waals surface area (Å²) in [7, 11) is -1.99. The van der Waals surface area contributed by atoms with E-state index in [1.807, 2.05) is 13.8 Å². The van der Waals surface area contributed by atoms with Crippen molar-refractivity contribution in [3.8, 4) is 0 Å². The number of hydrogen-bond donors (Lipinski definition) is 1. The third kappa shape index (κ3) is 3.56. The van der Waals surface area contributed by atoms with Gasteiger partial charge >= 0.3 is 0 Å². The molecule has 1 N–H and O–H groups in total.